The molecule has 6 atom stereocenters. The van der Waals surface area contributed by atoms with Crippen LogP contribution >= 0.6 is 16.3 Å². The standard InChI is InChI=1S/C20H36NO2P.C14H23O4P.C2H6O.C2H6/c1-8-18(6)14-20(19-12-10-9-11-13-19)15-23-24(22-7)21(16(2)3)17(4)5;1-4-12(2)10-14(11-18-19(15,16)17-3)13-8-6-5-7-9-13;1-3-2;1-2/h9-13,16-18,20H,8,14-15H2,1-7H3;5-9,12,14H,4,10-11H2,1-3H3,(H,15,16);1-2H3;1-2H3. The minimum atomic E-state index is -3.90. The van der Waals surface area contributed by atoms with Gasteiger partial charge in [0.15, 0.2) is 0 Å². The van der Waals surface area contributed by atoms with Gasteiger partial charge in [-0.05, 0) is 63.5 Å². The molecule has 2 aromatic rings. The molecule has 0 amide bonds. The Morgan fingerprint density at radius 3 is 1.40 bits per heavy atom. The van der Waals surface area contributed by atoms with E-state index in [-0.39, 0.29) is 12.5 Å². The number of rotatable bonds is 19. The van der Waals surface area contributed by atoms with Gasteiger partial charge in [-0.25, -0.2) is 9.24 Å². The summed E-state index contributed by atoms with van der Waals surface area (Å²) in [6.45, 7) is 22.6. The van der Waals surface area contributed by atoms with Crippen LogP contribution < -0.4 is 0 Å². The third-order valence-electron chi connectivity index (χ3n) is 7.77. The fourth-order valence-corrected chi connectivity index (χ4v) is 6.90. The molecule has 280 valence electrons. The van der Waals surface area contributed by atoms with Crippen LogP contribution in [0.5, 0.6) is 0 Å². The second-order valence-corrected chi connectivity index (χ2v) is 15.5. The van der Waals surface area contributed by atoms with Crippen LogP contribution in [0, 0.1) is 11.8 Å². The van der Waals surface area contributed by atoms with E-state index in [0.29, 0.717) is 36.4 Å². The Bertz CT molecular complexity index is 1020. The number of phosphoric acid groups is 1. The third-order valence-corrected chi connectivity index (χ3v) is 10.7. The summed E-state index contributed by atoms with van der Waals surface area (Å²) in [5, 5.41) is 0. The van der Waals surface area contributed by atoms with E-state index in [9.17, 15) is 9.46 Å². The van der Waals surface area contributed by atoms with Gasteiger partial charge < -0.3 is 18.7 Å². The quantitative estimate of drug-likeness (QED) is 0.144. The zero-order valence-corrected chi connectivity index (χ0v) is 34.5. The molecule has 0 aliphatic carbocycles. The van der Waals surface area contributed by atoms with E-state index in [1.807, 2.05) is 44.2 Å². The van der Waals surface area contributed by atoms with Crippen molar-refractivity contribution in [2.24, 2.45) is 11.8 Å². The molecule has 0 saturated heterocycles. The van der Waals surface area contributed by atoms with Gasteiger partial charge in [-0.3, -0.25) is 9.05 Å². The lowest BCUT2D eigenvalue weighted by atomic mass is 9.89. The fraction of sp³-hybridized carbons (Fsp3) is 0.684. The van der Waals surface area contributed by atoms with Gasteiger partial charge in [-0.2, -0.15) is 0 Å². The van der Waals surface area contributed by atoms with Crippen molar-refractivity contribution in [2.45, 2.75) is 119 Å². The average molecular weight is 716 g/mol. The van der Waals surface area contributed by atoms with Crippen LogP contribution in [0.15, 0.2) is 60.7 Å². The Morgan fingerprint density at radius 2 is 1.08 bits per heavy atom. The van der Waals surface area contributed by atoms with Gasteiger partial charge in [-0.15, -0.1) is 0 Å². The Morgan fingerprint density at radius 1 is 0.708 bits per heavy atom. The van der Waals surface area contributed by atoms with Gasteiger partial charge in [0.2, 0.25) is 0 Å². The number of hydrogen-bond donors (Lipinski definition) is 1. The normalized spacial score (nSPS) is 15.5. The molecular formula is C38H71NO7P2. The molecule has 0 aliphatic rings. The Balaban J connectivity index is 0. The van der Waals surface area contributed by atoms with E-state index in [0.717, 1.165) is 24.8 Å². The van der Waals surface area contributed by atoms with Crippen molar-refractivity contribution in [1.29, 1.82) is 0 Å². The summed E-state index contributed by atoms with van der Waals surface area (Å²) in [6.07, 6.45) is 4.35. The third kappa shape index (κ3) is 21.8. The molecule has 0 saturated carbocycles. The van der Waals surface area contributed by atoms with Crippen molar-refractivity contribution in [3.05, 3.63) is 71.8 Å². The van der Waals surface area contributed by atoms with Gasteiger partial charge in [0.05, 0.1) is 13.2 Å². The van der Waals surface area contributed by atoms with Crippen LogP contribution in [-0.2, 0) is 27.4 Å². The van der Waals surface area contributed by atoms with Crippen LogP contribution in [0.3, 0.4) is 0 Å². The molecular weight excluding hydrogens is 644 g/mol. The zero-order chi connectivity index (χ0) is 37.1. The Hall–Kier alpha value is -1.18. The summed E-state index contributed by atoms with van der Waals surface area (Å²) in [6, 6.07) is 21.5. The highest BCUT2D eigenvalue weighted by Crippen LogP contribution is 2.46. The number of nitrogens with zero attached hydrogens (tertiary/aromatic N) is 1. The second-order valence-electron chi connectivity index (χ2n) is 12.4. The Kier molecular flexibility index (Phi) is 30.1. The maximum Gasteiger partial charge on any atom is 0.471 e. The first-order valence-corrected chi connectivity index (χ1v) is 20.2. The first kappa shape index (κ1) is 48.9. The lowest BCUT2D eigenvalue weighted by molar-refractivity contribution is 0.159. The first-order valence-electron chi connectivity index (χ1n) is 17.6. The summed E-state index contributed by atoms with van der Waals surface area (Å²) >= 11 is 0. The molecule has 6 unspecified atom stereocenters. The van der Waals surface area contributed by atoms with Crippen LogP contribution in [-0.4, -0.2) is 63.3 Å². The highest BCUT2D eigenvalue weighted by Gasteiger charge is 2.28. The van der Waals surface area contributed by atoms with Crippen molar-refractivity contribution in [3.8, 4) is 0 Å². The lowest BCUT2D eigenvalue weighted by Gasteiger charge is -2.35. The summed E-state index contributed by atoms with van der Waals surface area (Å²) in [5.41, 5.74) is 2.49. The highest BCUT2D eigenvalue weighted by atomic mass is 31.2. The topological polar surface area (TPSA) is 86.7 Å². The van der Waals surface area contributed by atoms with Gasteiger partial charge >= 0.3 is 7.82 Å². The zero-order valence-electron chi connectivity index (χ0n) is 32.7. The maximum atomic E-state index is 11.4. The van der Waals surface area contributed by atoms with Crippen LogP contribution in [0.25, 0.3) is 0 Å². The van der Waals surface area contributed by atoms with Crippen molar-refractivity contribution < 1.29 is 32.3 Å². The maximum absolute atomic E-state index is 11.4. The Labute approximate surface area is 296 Å². The van der Waals surface area contributed by atoms with Gasteiger partial charge in [-0.1, -0.05) is 115 Å². The van der Waals surface area contributed by atoms with Crippen LogP contribution in [0.4, 0.5) is 0 Å². The van der Waals surface area contributed by atoms with Crippen molar-refractivity contribution in [1.82, 2.24) is 4.67 Å². The molecule has 2 rings (SSSR count). The van der Waals surface area contributed by atoms with E-state index in [4.69, 9.17) is 13.6 Å². The molecule has 0 aromatic heterocycles. The van der Waals surface area contributed by atoms with Gasteiger partial charge in [0.1, 0.15) is 0 Å². The summed E-state index contributed by atoms with van der Waals surface area (Å²) < 4.78 is 39.5. The molecule has 10 heteroatoms. The molecule has 1 N–H and O–H groups in total. The molecule has 48 heavy (non-hydrogen) atoms. The van der Waals surface area contributed by atoms with E-state index in [2.05, 4.69) is 99.7 Å². The number of hydrogen-bond acceptors (Lipinski definition) is 7. The van der Waals surface area contributed by atoms with Crippen molar-refractivity contribution >= 4 is 16.3 Å². The molecule has 0 bridgehead atoms. The summed E-state index contributed by atoms with van der Waals surface area (Å²) in [7, 11) is 1.26. The van der Waals surface area contributed by atoms with Gasteiger partial charge in [0.25, 0.3) is 8.53 Å². The predicted molar refractivity (Wildman–Crippen MR) is 206 cm³/mol. The number of methoxy groups -OCH3 is 1. The van der Waals surface area contributed by atoms with E-state index < -0.39 is 16.3 Å². The van der Waals surface area contributed by atoms with Gasteiger partial charge in [0, 0.05) is 52.4 Å². The van der Waals surface area contributed by atoms with Crippen molar-refractivity contribution in [3.63, 3.8) is 0 Å². The molecule has 0 heterocycles. The van der Waals surface area contributed by atoms with Crippen LogP contribution in [0.1, 0.15) is 118 Å². The largest absolute Gasteiger partial charge is 0.471 e. The van der Waals surface area contributed by atoms with Crippen LogP contribution in [0.2, 0.25) is 0 Å². The number of phosphoric ester groups is 1. The minimum Gasteiger partial charge on any atom is -0.388 e. The molecule has 0 spiro atoms. The molecule has 0 radical (unpaired) electrons. The second kappa shape index (κ2) is 29.5. The summed E-state index contributed by atoms with van der Waals surface area (Å²) in [4.78, 5) is 9.32. The van der Waals surface area contributed by atoms with E-state index in [1.165, 1.54) is 19.1 Å². The van der Waals surface area contributed by atoms with E-state index >= 15 is 0 Å². The smallest absolute Gasteiger partial charge is 0.388 e. The fourth-order valence-electron chi connectivity index (χ4n) is 4.93. The highest BCUT2D eigenvalue weighted by molar-refractivity contribution is 7.47. The summed E-state index contributed by atoms with van der Waals surface area (Å²) in [5.74, 6) is 1.75. The molecule has 0 fully saturated rings. The number of benzene rings is 2. The van der Waals surface area contributed by atoms with Crippen molar-refractivity contribution in [2.75, 3.05) is 41.7 Å². The van der Waals surface area contributed by atoms with E-state index in [1.54, 1.807) is 21.3 Å². The SMILES string of the molecule is CC.CCC(C)CC(COP(=O)(O)OC)c1ccccc1.CCC(C)CC(COP(OC)N(C(C)C)C(C)C)c1ccccc1.COC. The predicted octanol–water partition coefficient (Wildman–Crippen LogP) is 11.5. The minimum absolute atomic E-state index is 0.103. The number of ether oxygens (including phenoxy) is 1. The monoisotopic (exact) mass is 715 g/mol. The lowest BCUT2D eigenvalue weighted by Crippen LogP contribution is -2.33. The molecule has 0 aliphatic heterocycles. The molecule has 8 nitrogen and oxygen atoms in total. The first-order chi connectivity index (χ1) is 22.8. The molecule has 2 aromatic carbocycles. The average Bonchev–Trinajstić information content (AvgIpc) is 3.09.